The highest BCUT2D eigenvalue weighted by atomic mass is 79.9. The van der Waals surface area contributed by atoms with E-state index in [0.29, 0.717) is 12.1 Å². The Morgan fingerprint density at radius 2 is 2.10 bits per heavy atom. The fourth-order valence-electron chi connectivity index (χ4n) is 2.85. The van der Waals surface area contributed by atoms with Gasteiger partial charge in [-0.05, 0) is 39.1 Å². The van der Waals surface area contributed by atoms with Gasteiger partial charge in [0.1, 0.15) is 0 Å². The maximum atomic E-state index is 3.66. The standard InChI is InChI=1S/C16H26BrN3/c1-13-12-20(11-10-19(13)3)9-8-16(18-2)14-6-4-5-7-15(14)17/h4-7,13,16,18H,8-12H2,1-3H3. The SMILES string of the molecule is CNC(CCN1CCN(C)C(C)C1)c1ccccc1Br. The van der Waals surface area contributed by atoms with Gasteiger partial charge in [0.25, 0.3) is 0 Å². The van der Waals surface area contributed by atoms with Crippen molar-refractivity contribution in [1.29, 1.82) is 0 Å². The Hall–Kier alpha value is -0.420. The van der Waals surface area contributed by atoms with Gasteiger partial charge in [0.15, 0.2) is 0 Å². The normalized spacial score (nSPS) is 22.9. The minimum Gasteiger partial charge on any atom is -0.313 e. The second-order valence-electron chi connectivity index (χ2n) is 5.78. The summed E-state index contributed by atoms with van der Waals surface area (Å²) >= 11 is 3.66. The van der Waals surface area contributed by atoms with Gasteiger partial charge in [0.2, 0.25) is 0 Å². The Balaban J connectivity index is 1.90. The first-order valence-electron chi connectivity index (χ1n) is 7.46. The van der Waals surface area contributed by atoms with Gasteiger partial charge in [-0.2, -0.15) is 0 Å². The molecule has 2 unspecified atom stereocenters. The van der Waals surface area contributed by atoms with Crippen LogP contribution in [0.15, 0.2) is 28.7 Å². The summed E-state index contributed by atoms with van der Waals surface area (Å²) in [4.78, 5) is 5.03. The Morgan fingerprint density at radius 1 is 1.35 bits per heavy atom. The van der Waals surface area contributed by atoms with Gasteiger partial charge in [-0.1, -0.05) is 34.1 Å². The molecule has 1 aromatic rings. The van der Waals surface area contributed by atoms with Crippen LogP contribution < -0.4 is 5.32 Å². The average molecular weight is 340 g/mol. The molecule has 0 spiro atoms. The number of nitrogens with one attached hydrogen (secondary N) is 1. The minimum absolute atomic E-state index is 0.417. The van der Waals surface area contributed by atoms with Crippen LogP contribution in [0.4, 0.5) is 0 Å². The lowest BCUT2D eigenvalue weighted by molar-refractivity contribution is 0.102. The van der Waals surface area contributed by atoms with Gasteiger partial charge in [0.05, 0.1) is 0 Å². The average Bonchev–Trinajstić information content (AvgIpc) is 2.45. The fourth-order valence-corrected chi connectivity index (χ4v) is 3.41. The topological polar surface area (TPSA) is 18.5 Å². The van der Waals surface area contributed by atoms with Crippen LogP contribution in [0.25, 0.3) is 0 Å². The third kappa shape index (κ3) is 4.04. The summed E-state index contributed by atoms with van der Waals surface area (Å²) in [6, 6.07) is 9.60. The number of piperazine rings is 1. The van der Waals surface area contributed by atoms with Gasteiger partial charge in [0, 0.05) is 42.7 Å². The van der Waals surface area contributed by atoms with Crippen LogP contribution in [0.1, 0.15) is 24.9 Å². The fraction of sp³-hybridized carbons (Fsp3) is 0.625. The van der Waals surface area contributed by atoms with E-state index in [4.69, 9.17) is 0 Å². The zero-order valence-electron chi connectivity index (χ0n) is 12.8. The first-order valence-corrected chi connectivity index (χ1v) is 8.25. The van der Waals surface area contributed by atoms with Gasteiger partial charge in [-0.3, -0.25) is 0 Å². The van der Waals surface area contributed by atoms with Crippen LogP contribution in [0.3, 0.4) is 0 Å². The molecule has 1 heterocycles. The Kier molecular flexibility index (Phi) is 6.02. The number of nitrogens with zero attached hydrogens (tertiary/aromatic N) is 2. The van der Waals surface area contributed by atoms with E-state index in [1.165, 1.54) is 29.7 Å². The van der Waals surface area contributed by atoms with Crippen LogP contribution in [0.2, 0.25) is 0 Å². The molecule has 0 amide bonds. The van der Waals surface area contributed by atoms with Crippen LogP contribution >= 0.6 is 15.9 Å². The van der Waals surface area contributed by atoms with Gasteiger partial charge < -0.3 is 15.1 Å². The molecule has 0 radical (unpaired) electrons. The quantitative estimate of drug-likeness (QED) is 0.889. The lowest BCUT2D eigenvalue weighted by Gasteiger charge is -2.38. The number of halogens is 1. The van der Waals surface area contributed by atoms with Crippen molar-refractivity contribution >= 4 is 15.9 Å². The van der Waals surface area contributed by atoms with Crippen molar-refractivity contribution in [2.75, 3.05) is 40.3 Å². The molecule has 1 aliphatic heterocycles. The second-order valence-corrected chi connectivity index (χ2v) is 6.64. The molecule has 2 atom stereocenters. The molecule has 20 heavy (non-hydrogen) atoms. The van der Waals surface area contributed by atoms with E-state index < -0.39 is 0 Å². The zero-order valence-corrected chi connectivity index (χ0v) is 14.4. The molecule has 1 saturated heterocycles. The van der Waals surface area contributed by atoms with Crippen LogP contribution in [0.5, 0.6) is 0 Å². The Morgan fingerprint density at radius 3 is 2.75 bits per heavy atom. The molecule has 0 aliphatic carbocycles. The smallest absolute Gasteiger partial charge is 0.0340 e. The summed E-state index contributed by atoms with van der Waals surface area (Å²) in [6.07, 6.45) is 1.15. The minimum atomic E-state index is 0.417. The third-order valence-corrected chi connectivity index (χ3v) is 5.13. The van der Waals surface area contributed by atoms with E-state index >= 15 is 0 Å². The maximum Gasteiger partial charge on any atom is 0.0340 e. The number of likely N-dealkylation sites (N-methyl/N-ethyl adjacent to an activating group) is 1. The number of rotatable bonds is 5. The van der Waals surface area contributed by atoms with E-state index in [1.54, 1.807) is 0 Å². The van der Waals surface area contributed by atoms with Gasteiger partial charge in [-0.15, -0.1) is 0 Å². The molecule has 1 fully saturated rings. The Bertz CT molecular complexity index is 424. The van der Waals surface area contributed by atoms with Crippen molar-refractivity contribution in [3.05, 3.63) is 34.3 Å². The third-order valence-electron chi connectivity index (χ3n) is 4.41. The lowest BCUT2D eigenvalue weighted by atomic mass is 10.0. The van der Waals surface area contributed by atoms with E-state index in [9.17, 15) is 0 Å². The molecule has 1 N–H and O–H groups in total. The number of hydrogen-bond donors (Lipinski definition) is 1. The molecule has 0 bridgehead atoms. The molecule has 4 heteroatoms. The molecule has 1 aromatic carbocycles. The molecule has 2 rings (SSSR count). The van der Waals surface area contributed by atoms with Gasteiger partial charge >= 0.3 is 0 Å². The van der Waals surface area contributed by atoms with Crippen molar-refractivity contribution in [2.45, 2.75) is 25.4 Å². The summed E-state index contributed by atoms with van der Waals surface area (Å²) in [5.74, 6) is 0. The largest absolute Gasteiger partial charge is 0.313 e. The molecule has 3 nitrogen and oxygen atoms in total. The first-order chi connectivity index (χ1) is 9.61. The van der Waals surface area contributed by atoms with Crippen molar-refractivity contribution in [3.63, 3.8) is 0 Å². The van der Waals surface area contributed by atoms with Crippen LogP contribution in [-0.4, -0.2) is 56.1 Å². The van der Waals surface area contributed by atoms with Crippen molar-refractivity contribution in [1.82, 2.24) is 15.1 Å². The Labute approximate surface area is 131 Å². The van der Waals surface area contributed by atoms with Gasteiger partial charge in [-0.25, -0.2) is 0 Å². The highest BCUT2D eigenvalue weighted by molar-refractivity contribution is 9.10. The maximum absolute atomic E-state index is 3.66. The summed E-state index contributed by atoms with van der Waals surface area (Å²) in [6.45, 7) is 7.02. The van der Waals surface area contributed by atoms with E-state index in [1.807, 2.05) is 0 Å². The highest BCUT2D eigenvalue weighted by Gasteiger charge is 2.21. The van der Waals surface area contributed by atoms with E-state index in [2.05, 4.69) is 76.3 Å². The summed E-state index contributed by atoms with van der Waals surface area (Å²) in [5.41, 5.74) is 1.36. The molecular weight excluding hydrogens is 314 g/mol. The molecule has 112 valence electrons. The monoisotopic (exact) mass is 339 g/mol. The summed E-state index contributed by atoms with van der Waals surface area (Å²) in [5, 5.41) is 3.45. The number of hydrogen-bond acceptors (Lipinski definition) is 3. The lowest BCUT2D eigenvalue weighted by Crippen LogP contribution is -2.50. The predicted octanol–water partition coefficient (Wildman–Crippen LogP) is 2.74. The molecule has 1 aliphatic rings. The highest BCUT2D eigenvalue weighted by Crippen LogP contribution is 2.25. The van der Waals surface area contributed by atoms with Crippen molar-refractivity contribution in [2.24, 2.45) is 0 Å². The van der Waals surface area contributed by atoms with Crippen LogP contribution in [-0.2, 0) is 0 Å². The van der Waals surface area contributed by atoms with E-state index in [-0.39, 0.29) is 0 Å². The molecule has 0 saturated carbocycles. The summed E-state index contributed by atoms with van der Waals surface area (Å²) < 4.78 is 1.20. The van der Waals surface area contributed by atoms with Crippen LogP contribution in [0, 0.1) is 0 Å². The van der Waals surface area contributed by atoms with Crippen molar-refractivity contribution in [3.8, 4) is 0 Å². The first kappa shape index (κ1) is 16.0. The van der Waals surface area contributed by atoms with E-state index in [0.717, 1.165) is 13.0 Å². The summed E-state index contributed by atoms with van der Waals surface area (Å²) in [7, 11) is 4.27. The molecular formula is C16H26BrN3. The second kappa shape index (κ2) is 7.55. The number of benzene rings is 1. The zero-order chi connectivity index (χ0) is 14.5. The molecule has 0 aromatic heterocycles. The van der Waals surface area contributed by atoms with Crippen molar-refractivity contribution < 1.29 is 0 Å². The predicted molar refractivity (Wildman–Crippen MR) is 89.1 cm³/mol.